The minimum Gasteiger partial charge on any atom is -0.459 e. The Balaban J connectivity index is 2.08. The third-order valence-electron chi connectivity index (χ3n) is 3.80. The number of halogens is 1. The first-order valence-corrected chi connectivity index (χ1v) is 8.13. The first kappa shape index (κ1) is 19.2. The van der Waals surface area contributed by atoms with E-state index in [1.807, 2.05) is 18.2 Å². The summed E-state index contributed by atoms with van der Waals surface area (Å²) in [6.45, 7) is 3.87. The largest absolute Gasteiger partial charge is 0.459 e. The van der Waals surface area contributed by atoms with Crippen LogP contribution in [-0.4, -0.2) is 52.5 Å². The summed E-state index contributed by atoms with van der Waals surface area (Å²) in [5.41, 5.74) is -2.05. The molecule has 0 spiro atoms. The summed E-state index contributed by atoms with van der Waals surface area (Å²) in [4.78, 5) is 25.7. The number of nitrogens with zero attached hydrogens (tertiary/aromatic N) is 1. The van der Waals surface area contributed by atoms with Crippen molar-refractivity contribution >= 4 is 12.1 Å². The molecule has 0 bridgehead atoms. The molecule has 1 unspecified atom stereocenters. The molecule has 1 aromatic rings. The number of rotatable bonds is 4. The van der Waals surface area contributed by atoms with Gasteiger partial charge in [0.25, 0.3) is 0 Å². The van der Waals surface area contributed by atoms with Crippen molar-refractivity contribution in [1.29, 1.82) is 0 Å². The van der Waals surface area contributed by atoms with Gasteiger partial charge in [0, 0.05) is 6.42 Å². The lowest BCUT2D eigenvalue weighted by Crippen LogP contribution is -2.44. The molecule has 1 amide bonds. The number of aliphatic hydroxyl groups excluding tert-OH is 1. The van der Waals surface area contributed by atoms with Crippen LogP contribution in [0.4, 0.5) is 9.18 Å². The van der Waals surface area contributed by atoms with E-state index < -0.39 is 42.5 Å². The van der Waals surface area contributed by atoms with E-state index in [0.29, 0.717) is 0 Å². The summed E-state index contributed by atoms with van der Waals surface area (Å²) in [5.74, 6) is -0.720. The van der Waals surface area contributed by atoms with Gasteiger partial charge in [0.2, 0.25) is 0 Å². The van der Waals surface area contributed by atoms with Crippen LogP contribution in [0, 0.1) is 0 Å². The Morgan fingerprint density at radius 1 is 1.32 bits per heavy atom. The monoisotopic (exact) mass is 353 g/mol. The summed E-state index contributed by atoms with van der Waals surface area (Å²) in [6, 6.07) is 7.91. The molecular weight excluding hydrogens is 329 g/mol. The number of likely N-dealkylation sites (tertiary alicyclic amines) is 1. The van der Waals surface area contributed by atoms with E-state index in [-0.39, 0.29) is 13.0 Å². The van der Waals surface area contributed by atoms with Crippen LogP contribution in [0.2, 0.25) is 0 Å². The summed E-state index contributed by atoms with van der Waals surface area (Å²) in [5, 5.41) is 9.26. The topological polar surface area (TPSA) is 76.1 Å². The third-order valence-corrected chi connectivity index (χ3v) is 3.80. The zero-order valence-electron chi connectivity index (χ0n) is 14.7. The van der Waals surface area contributed by atoms with Crippen LogP contribution < -0.4 is 0 Å². The van der Waals surface area contributed by atoms with Gasteiger partial charge in [-0.15, -0.1) is 0 Å². The van der Waals surface area contributed by atoms with E-state index in [2.05, 4.69) is 0 Å². The number of aliphatic hydroxyl groups is 1. The lowest BCUT2D eigenvalue weighted by atomic mass is 10.0. The van der Waals surface area contributed by atoms with Crippen molar-refractivity contribution in [2.45, 2.75) is 51.1 Å². The number of benzene rings is 1. The van der Waals surface area contributed by atoms with Gasteiger partial charge < -0.3 is 14.6 Å². The molecule has 1 fully saturated rings. The predicted molar refractivity (Wildman–Crippen MR) is 88.5 cm³/mol. The molecule has 1 N–H and O–H groups in total. The van der Waals surface area contributed by atoms with Crippen LogP contribution in [0.5, 0.6) is 0 Å². The van der Waals surface area contributed by atoms with Gasteiger partial charge in [-0.2, -0.15) is 0 Å². The van der Waals surface area contributed by atoms with Gasteiger partial charge >= 0.3 is 12.1 Å². The molecule has 2 atom stereocenters. The highest BCUT2D eigenvalue weighted by molar-refractivity contribution is 5.82. The Labute approximate surface area is 146 Å². The highest BCUT2D eigenvalue weighted by Gasteiger charge is 2.51. The number of carbonyl (C=O) groups excluding carboxylic acids is 2. The van der Waals surface area contributed by atoms with E-state index in [1.165, 1.54) is 0 Å². The fourth-order valence-electron chi connectivity index (χ4n) is 2.60. The number of ether oxygens (including phenoxy) is 2. The normalized spacial score (nSPS) is 23.4. The molecule has 1 aromatic carbocycles. The van der Waals surface area contributed by atoms with Gasteiger partial charge in [-0.1, -0.05) is 30.3 Å². The molecule has 1 aliphatic heterocycles. The van der Waals surface area contributed by atoms with E-state index in [9.17, 15) is 19.1 Å². The predicted octanol–water partition coefficient (Wildman–Crippen LogP) is 2.44. The number of amides is 1. The van der Waals surface area contributed by atoms with Gasteiger partial charge in [-0.3, -0.25) is 4.90 Å². The number of hydrogen-bond acceptors (Lipinski definition) is 5. The second-order valence-electron chi connectivity index (χ2n) is 7.23. The van der Waals surface area contributed by atoms with Gasteiger partial charge in [-0.05, 0) is 26.3 Å². The van der Waals surface area contributed by atoms with Crippen molar-refractivity contribution < 1.29 is 28.6 Å². The highest BCUT2D eigenvalue weighted by Crippen LogP contribution is 2.32. The number of alkyl halides is 1. The van der Waals surface area contributed by atoms with E-state index in [4.69, 9.17) is 9.47 Å². The van der Waals surface area contributed by atoms with E-state index >= 15 is 0 Å². The van der Waals surface area contributed by atoms with Crippen LogP contribution in [0.1, 0.15) is 32.8 Å². The van der Waals surface area contributed by atoms with Crippen LogP contribution in [0.3, 0.4) is 0 Å². The molecule has 0 aliphatic carbocycles. The van der Waals surface area contributed by atoms with Crippen molar-refractivity contribution in [2.24, 2.45) is 0 Å². The third kappa shape index (κ3) is 5.16. The summed E-state index contributed by atoms with van der Waals surface area (Å²) < 4.78 is 25.0. The zero-order chi connectivity index (χ0) is 18.7. The molecule has 0 aromatic heterocycles. The summed E-state index contributed by atoms with van der Waals surface area (Å²) in [6.07, 6.45) is -1.13. The standard InChI is InChI=1S/C18H24FNO5/c1-17(2,3)25-16(23)20-11-18(19,12-21)9-14(20)15(22)24-10-13-7-5-4-6-8-13/h4-8,14,21H,9-12H2,1-3H3/t14?,18-/m1/s1. The Morgan fingerprint density at radius 3 is 2.52 bits per heavy atom. The fraction of sp³-hybridized carbons (Fsp3) is 0.556. The smallest absolute Gasteiger partial charge is 0.411 e. The Bertz CT molecular complexity index is 616. The maximum atomic E-state index is 14.6. The van der Waals surface area contributed by atoms with E-state index in [1.54, 1.807) is 32.9 Å². The average molecular weight is 353 g/mol. The van der Waals surface area contributed by atoms with Crippen molar-refractivity contribution in [3.05, 3.63) is 35.9 Å². The lowest BCUT2D eigenvalue weighted by molar-refractivity contribution is -0.150. The van der Waals surface area contributed by atoms with Crippen LogP contribution >= 0.6 is 0 Å². The minimum absolute atomic E-state index is 0.0245. The van der Waals surface area contributed by atoms with Crippen molar-refractivity contribution in [2.75, 3.05) is 13.2 Å². The Morgan fingerprint density at radius 2 is 1.96 bits per heavy atom. The molecular formula is C18H24FNO5. The Hall–Kier alpha value is -2.15. The van der Waals surface area contributed by atoms with Crippen LogP contribution in [-0.2, 0) is 20.9 Å². The average Bonchev–Trinajstić information content (AvgIpc) is 2.91. The molecule has 1 heterocycles. The number of hydrogen-bond donors (Lipinski definition) is 1. The van der Waals surface area contributed by atoms with Gasteiger partial charge in [0.1, 0.15) is 18.2 Å². The maximum Gasteiger partial charge on any atom is 0.411 e. The molecule has 7 heteroatoms. The molecule has 1 aliphatic rings. The number of carbonyl (C=O) groups is 2. The molecule has 1 saturated heterocycles. The number of esters is 1. The van der Waals surface area contributed by atoms with Gasteiger partial charge in [0.05, 0.1) is 13.2 Å². The summed E-state index contributed by atoms with van der Waals surface area (Å²) in [7, 11) is 0. The summed E-state index contributed by atoms with van der Waals surface area (Å²) >= 11 is 0. The highest BCUT2D eigenvalue weighted by atomic mass is 19.1. The Kier molecular flexibility index (Phi) is 5.67. The fourth-order valence-corrected chi connectivity index (χ4v) is 2.60. The van der Waals surface area contributed by atoms with Crippen LogP contribution in [0.15, 0.2) is 30.3 Å². The van der Waals surface area contributed by atoms with Gasteiger partial charge in [0.15, 0.2) is 5.67 Å². The molecule has 138 valence electrons. The first-order valence-electron chi connectivity index (χ1n) is 8.13. The second-order valence-corrected chi connectivity index (χ2v) is 7.23. The van der Waals surface area contributed by atoms with Crippen LogP contribution in [0.25, 0.3) is 0 Å². The molecule has 2 rings (SSSR count). The molecule has 0 radical (unpaired) electrons. The molecule has 25 heavy (non-hydrogen) atoms. The van der Waals surface area contributed by atoms with Crippen molar-refractivity contribution in [3.8, 4) is 0 Å². The van der Waals surface area contributed by atoms with Crippen molar-refractivity contribution in [3.63, 3.8) is 0 Å². The molecule has 0 saturated carbocycles. The second kappa shape index (κ2) is 7.39. The maximum absolute atomic E-state index is 14.6. The SMILES string of the molecule is CC(C)(C)OC(=O)N1C[C@@](F)(CO)CC1C(=O)OCc1ccccc1. The van der Waals surface area contributed by atoms with Crippen molar-refractivity contribution in [1.82, 2.24) is 4.90 Å². The van der Waals surface area contributed by atoms with Gasteiger partial charge in [-0.25, -0.2) is 14.0 Å². The zero-order valence-corrected chi connectivity index (χ0v) is 14.7. The first-order chi connectivity index (χ1) is 11.6. The molecule has 6 nitrogen and oxygen atoms in total. The van der Waals surface area contributed by atoms with E-state index in [0.717, 1.165) is 10.5 Å². The quantitative estimate of drug-likeness (QED) is 0.842. The lowest BCUT2D eigenvalue weighted by Gasteiger charge is -2.27. The minimum atomic E-state index is -2.05.